The molecule has 5 nitrogen and oxygen atoms in total. The summed E-state index contributed by atoms with van der Waals surface area (Å²) in [4.78, 5) is 23.4. The number of oxime groups is 1. The van der Waals surface area contributed by atoms with Gasteiger partial charge in [0.05, 0.1) is 7.11 Å². The van der Waals surface area contributed by atoms with Gasteiger partial charge >= 0.3 is 5.97 Å². The number of hydrogen-bond donors (Lipinski definition) is 1. The topological polar surface area (TPSA) is 76.0 Å². The van der Waals surface area contributed by atoms with Gasteiger partial charge in [-0.15, -0.1) is 0 Å². The smallest absolute Gasteiger partial charge is 0.305 e. The third kappa shape index (κ3) is 3.69. The van der Waals surface area contributed by atoms with Crippen molar-refractivity contribution in [1.82, 2.24) is 0 Å². The molecule has 0 aliphatic heterocycles. The van der Waals surface area contributed by atoms with Crippen LogP contribution in [0.4, 0.5) is 0 Å². The molecule has 0 heterocycles. The zero-order valence-corrected chi connectivity index (χ0v) is 12.3. The maximum atomic E-state index is 12.4. The number of nitrogens with zero attached hydrogens (tertiary/aromatic N) is 1. The Bertz CT molecular complexity index is 721. The van der Waals surface area contributed by atoms with E-state index in [4.69, 9.17) is 5.21 Å². The summed E-state index contributed by atoms with van der Waals surface area (Å²) in [5.41, 5.74) is 0.503. The van der Waals surface area contributed by atoms with Crippen molar-refractivity contribution in [3.05, 3.63) is 48.0 Å². The zero-order chi connectivity index (χ0) is 15.9. The van der Waals surface area contributed by atoms with Gasteiger partial charge in [-0.25, -0.2) is 0 Å². The van der Waals surface area contributed by atoms with Crippen LogP contribution in [0.25, 0.3) is 10.8 Å². The number of Topliss-reactive ketones (excluding diaryl/α,β-unsaturated/α-hetero) is 1. The zero-order valence-electron chi connectivity index (χ0n) is 12.3. The predicted octanol–water partition coefficient (Wildman–Crippen LogP) is 3.20. The van der Waals surface area contributed by atoms with Crippen LogP contribution in [-0.4, -0.2) is 29.8 Å². The normalized spacial score (nSPS) is 11.4. The monoisotopic (exact) mass is 299 g/mol. The van der Waals surface area contributed by atoms with E-state index in [1.807, 2.05) is 30.3 Å². The summed E-state index contributed by atoms with van der Waals surface area (Å²) in [6, 6.07) is 13.0. The summed E-state index contributed by atoms with van der Waals surface area (Å²) in [7, 11) is 1.31. The van der Waals surface area contributed by atoms with Crippen LogP contribution in [0.2, 0.25) is 0 Å². The Morgan fingerprint density at radius 3 is 2.50 bits per heavy atom. The molecule has 0 amide bonds. The first-order valence-corrected chi connectivity index (χ1v) is 6.97. The van der Waals surface area contributed by atoms with Crippen LogP contribution in [-0.2, 0) is 9.53 Å². The van der Waals surface area contributed by atoms with Crippen LogP contribution in [0, 0.1) is 0 Å². The molecule has 0 fully saturated rings. The molecule has 0 aliphatic carbocycles. The van der Waals surface area contributed by atoms with Gasteiger partial charge in [0.15, 0.2) is 0 Å². The minimum atomic E-state index is -0.351. The number of esters is 1. The third-order valence-corrected chi connectivity index (χ3v) is 3.42. The second-order valence-corrected chi connectivity index (χ2v) is 4.87. The second-order valence-electron chi connectivity index (χ2n) is 4.87. The lowest BCUT2D eigenvalue weighted by atomic mass is 9.99. The Hall–Kier alpha value is -2.69. The van der Waals surface area contributed by atoms with E-state index in [0.717, 1.165) is 10.8 Å². The highest BCUT2D eigenvalue weighted by Gasteiger charge is 2.15. The summed E-state index contributed by atoms with van der Waals surface area (Å²) in [5.74, 6) is -0.687. The molecule has 0 bridgehead atoms. The molecule has 0 radical (unpaired) electrons. The van der Waals surface area contributed by atoms with Crippen molar-refractivity contribution in [3.8, 4) is 0 Å². The van der Waals surface area contributed by atoms with Crippen molar-refractivity contribution in [1.29, 1.82) is 0 Å². The molecule has 22 heavy (non-hydrogen) atoms. The summed E-state index contributed by atoms with van der Waals surface area (Å²) in [5, 5.41) is 14.1. The number of carbonyl (C=O) groups is 2. The molecule has 0 aliphatic rings. The van der Waals surface area contributed by atoms with Crippen molar-refractivity contribution >= 4 is 28.2 Å². The molecule has 0 aromatic heterocycles. The predicted molar refractivity (Wildman–Crippen MR) is 83.4 cm³/mol. The number of fused-ring (bicyclic) bond motifs is 1. The fourth-order valence-electron chi connectivity index (χ4n) is 2.21. The number of hydrogen-bond acceptors (Lipinski definition) is 5. The number of carbonyl (C=O) groups excluding carboxylic acids is 2. The maximum absolute atomic E-state index is 12.4. The lowest BCUT2D eigenvalue weighted by Crippen LogP contribution is -2.15. The molecular weight excluding hydrogens is 282 g/mol. The third-order valence-electron chi connectivity index (χ3n) is 3.42. The molecule has 0 saturated carbocycles. The standard InChI is InChI=1S/C17H17NO4/c1-22-16(19)8-4-7-15(18-21)17(20)14-10-9-12-5-2-3-6-13(12)11-14/h2-3,5-6,9-11,21H,4,7-8H2,1H3/b18-15+. The number of methoxy groups -OCH3 is 1. The van der Waals surface area contributed by atoms with E-state index < -0.39 is 0 Å². The van der Waals surface area contributed by atoms with Crippen molar-refractivity contribution < 1.29 is 19.5 Å². The molecule has 2 aromatic carbocycles. The van der Waals surface area contributed by atoms with Crippen LogP contribution in [0.5, 0.6) is 0 Å². The summed E-state index contributed by atoms with van der Waals surface area (Å²) in [6.07, 6.45) is 0.795. The number of rotatable bonds is 6. The van der Waals surface area contributed by atoms with Crippen LogP contribution in [0.15, 0.2) is 47.6 Å². The van der Waals surface area contributed by atoms with Crippen LogP contribution >= 0.6 is 0 Å². The largest absolute Gasteiger partial charge is 0.469 e. The SMILES string of the molecule is COC(=O)CCC/C(=N\O)C(=O)c1ccc2ccccc2c1. The fraction of sp³-hybridized carbons (Fsp3) is 0.235. The minimum absolute atomic E-state index is 0.0409. The summed E-state index contributed by atoms with van der Waals surface area (Å²) < 4.78 is 4.53. The fourth-order valence-corrected chi connectivity index (χ4v) is 2.21. The van der Waals surface area contributed by atoms with Gasteiger partial charge in [0, 0.05) is 12.0 Å². The van der Waals surface area contributed by atoms with E-state index in [1.54, 1.807) is 12.1 Å². The number of ether oxygens (including phenoxy) is 1. The van der Waals surface area contributed by atoms with E-state index in [-0.39, 0.29) is 30.3 Å². The van der Waals surface area contributed by atoms with E-state index >= 15 is 0 Å². The molecule has 5 heteroatoms. The number of benzene rings is 2. The molecule has 0 spiro atoms. The Balaban J connectivity index is 2.11. The highest BCUT2D eigenvalue weighted by Crippen LogP contribution is 2.17. The van der Waals surface area contributed by atoms with E-state index in [9.17, 15) is 9.59 Å². The average molecular weight is 299 g/mol. The van der Waals surface area contributed by atoms with Crippen LogP contribution < -0.4 is 0 Å². The van der Waals surface area contributed by atoms with Crippen LogP contribution in [0.1, 0.15) is 29.6 Å². The molecule has 0 unspecified atom stereocenters. The Kier molecular flexibility index (Phi) is 5.25. The Labute approximate surface area is 128 Å². The number of ketones is 1. The first-order chi connectivity index (χ1) is 10.7. The van der Waals surface area contributed by atoms with E-state index in [0.29, 0.717) is 12.0 Å². The van der Waals surface area contributed by atoms with Gasteiger partial charge in [-0.05, 0) is 29.7 Å². The summed E-state index contributed by atoms with van der Waals surface area (Å²) >= 11 is 0. The Morgan fingerprint density at radius 2 is 1.82 bits per heavy atom. The van der Waals surface area contributed by atoms with Gasteiger partial charge in [-0.1, -0.05) is 41.6 Å². The second kappa shape index (κ2) is 7.36. The molecular formula is C17H17NO4. The van der Waals surface area contributed by atoms with Crippen molar-refractivity contribution in [2.75, 3.05) is 7.11 Å². The molecule has 2 rings (SSSR count). The van der Waals surface area contributed by atoms with Gasteiger partial charge < -0.3 is 9.94 Å². The highest BCUT2D eigenvalue weighted by molar-refractivity contribution is 6.46. The first-order valence-electron chi connectivity index (χ1n) is 6.97. The minimum Gasteiger partial charge on any atom is -0.469 e. The molecule has 0 atom stereocenters. The lowest BCUT2D eigenvalue weighted by Gasteiger charge is -2.05. The quantitative estimate of drug-likeness (QED) is 0.292. The lowest BCUT2D eigenvalue weighted by molar-refractivity contribution is -0.140. The van der Waals surface area contributed by atoms with Gasteiger partial charge in [-0.3, -0.25) is 9.59 Å². The van der Waals surface area contributed by atoms with E-state index in [1.165, 1.54) is 7.11 Å². The van der Waals surface area contributed by atoms with Gasteiger partial charge in [0.25, 0.3) is 0 Å². The molecule has 2 aromatic rings. The maximum Gasteiger partial charge on any atom is 0.305 e. The highest BCUT2D eigenvalue weighted by atomic mass is 16.5. The molecule has 0 saturated heterocycles. The van der Waals surface area contributed by atoms with Gasteiger partial charge in [0.1, 0.15) is 5.71 Å². The molecule has 114 valence electrons. The first kappa shape index (κ1) is 15.7. The van der Waals surface area contributed by atoms with Gasteiger partial charge in [-0.2, -0.15) is 0 Å². The van der Waals surface area contributed by atoms with Crippen LogP contribution in [0.3, 0.4) is 0 Å². The van der Waals surface area contributed by atoms with E-state index in [2.05, 4.69) is 9.89 Å². The van der Waals surface area contributed by atoms with Crippen molar-refractivity contribution in [2.45, 2.75) is 19.3 Å². The van der Waals surface area contributed by atoms with Crippen molar-refractivity contribution in [2.24, 2.45) is 5.16 Å². The Morgan fingerprint density at radius 1 is 1.09 bits per heavy atom. The van der Waals surface area contributed by atoms with Crippen molar-refractivity contribution in [3.63, 3.8) is 0 Å². The molecule has 1 N–H and O–H groups in total. The summed E-state index contributed by atoms with van der Waals surface area (Å²) in [6.45, 7) is 0. The van der Waals surface area contributed by atoms with Gasteiger partial charge in [0.2, 0.25) is 5.78 Å². The average Bonchev–Trinajstić information content (AvgIpc) is 2.57.